The van der Waals surface area contributed by atoms with Crippen molar-refractivity contribution in [3.05, 3.63) is 0 Å². The van der Waals surface area contributed by atoms with Gasteiger partial charge in [-0.25, -0.2) is 0 Å². The van der Waals surface area contributed by atoms with Crippen LogP contribution in [0.1, 0.15) is 51.4 Å². The lowest BCUT2D eigenvalue weighted by molar-refractivity contribution is -0.0308. The van der Waals surface area contributed by atoms with Gasteiger partial charge in [-0.15, -0.1) is 0 Å². The van der Waals surface area contributed by atoms with Crippen LogP contribution in [0, 0.1) is 0 Å². The van der Waals surface area contributed by atoms with Gasteiger partial charge >= 0.3 is 0 Å². The van der Waals surface area contributed by atoms with E-state index in [1.54, 1.807) is 0 Å². The highest BCUT2D eigenvalue weighted by atomic mass is 16.5. The van der Waals surface area contributed by atoms with Crippen molar-refractivity contribution in [2.24, 2.45) is 4.99 Å². The lowest BCUT2D eigenvalue weighted by atomic mass is 9.97. The summed E-state index contributed by atoms with van der Waals surface area (Å²) in [5.41, 5.74) is 0. The summed E-state index contributed by atoms with van der Waals surface area (Å²) >= 11 is 0. The maximum atomic E-state index is 5.93. The topological polar surface area (TPSA) is 21.6 Å². The number of hydrogen-bond acceptors (Lipinski definition) is 2. The minimum Gasteiger partial charge on any atom is -0.353 e. The van der Waals surface area contributed by atoms with Gasteiger partial charge in [0.15, 0.2) is 0 Å². The van der Waals surface area contributed by atoms with Crippen molar-refractivity contribution in [1.29, 1.82) is 0 Å². The second-order valence-electron chi connectivity index (χ2n) is 4.11. The summed E-state index contributed by atoms with van der Waals surface area (Å²) in [6.07, 6.45) is 12.9. The zero-order chi connectivity index (χ0) is 8.93. The normalized spacial score (nSPS) is 30.6. The Morgan fingerprint density at radius 1 is 1.00 bits per heavy atom. The zero-order valence-electron chi connectivity index (χ0n) is 8.24. The quantitative estimate of drug-likeness (QED) is 0.642. The molecule has 1 aliphatic heterocycles. The van der Waals surface area contributed by atoms with Gasteiger partial charge in [-0.1, -0.05) is 19.3 Å². The van der Waals surface area contributed by atoms with E-state index in [1.165, 1.54) is 38.5 Å². The number of aliphatic imine (C=N–C) groups is 1. The van der Waals surface area contributed by atoms with E-state index in [2.05, 4.69) is 4.99 Å². The molecule has 1 unspecified atom stereocenters. The van der Waals surface area contributed by atoms with E-state index in [9.17, 15) is 0 Å². The monoisotopic (exact) mass is 181 g/mol. The molecule has 2 nitrogen and oxygen atoms in total. The summed E-state index contributed by atoms with van der Waals surface area (Å²) in [5.74, 6) is 0. The molecule has 1 atom stereocenters. The third-order valence-corrected chi connectivity index (χ3v) is 2.96. The Hall–Kier alpha value is -0.370. The molecule has 1 heterocycles. The molecule has 0 radical (unpaired) electrons. The minimum atomic E-state index is 0.192. The van der Waals surface area contributed by atoms with Crippen molar-refractivity contribution in [2.75, 3.05) is 0 Å². The minimum absolute atomic E-state index is 0.192. The van der Waals surface area contributed by atoms with Crippen LogP contribution >= 0.6 is 0 Å². The molecule has 0 aromatic carbocycles. The van der Waals surface area contributed by atoms with Gasteiger partial charge in [0.25, 0.3) is 0 Å². The first-order valence-corrected chi connectivity index (χ1v) is 5.62. The summed E-state index contributed by atoms with van der Waals surface area (Å²) in [6, 6.07) is 0. The van der Waals surface area contributed by atoms with Gasteiger partial charge in [-0.2, -0.15) is 0 Å². The molecule has 1 aliphatic carbocycles. The van der Waals surface area contributed by atoms with Gasteiger partial charge in [0.1, 0.15) is 6.23 Å². The maximum absolute atomic E-state index is 5.93. The van der Waals surface area contributed by atoms with Crippen LogP contribution in [0.2, 0.25) is 0 Å². The smallest absolute Gasteiger partial charge is 0.148 e. The van der Waals surface area contributed by atoms with E-state index in [-0.39, 0.29) is 6.23 Å². The molecule has 0 bridgehead atoms. The molecule has 2 rings (SSSR count). The predicted octanol–water partition coefficient (Wildman–Crippen LogP) is 2.92. The van der Waals surface area contributed by atoms with E-state index in [4.69, 9.17) is 4.74 Å². The van der Waals surface area contributed by atoms with E-state index < -0.39 is 0 Å². The highest BCUT2D eigenvalue weighted by Gasteiger charge is 2.18. The summed E-state index contributed by atoms with van der Waals surface area (Å²) in [4.78, 5) is 4.38. The van der Waals surface area contributed by atoms with Crippen LogP contribution in [0.4, 0.5) is 0 Å². The molecule has 0 N–H and O–H groups in total. The van der Waals surface area contributed by atoms with Crippen molar-refractivity contribution < 1.29 is 4.74 Å². The standard InChI is InChI=1S/C11H19NO/c1-2-6-10(7-3-1)13-11-8-4-5-9-12-11/h9-11H,1-8H2. The summed E-state index contributed by atoms with van der Waals surface area (Å²) in [6.45, 7) is 0. The fourth-order valence-corrected chi connectivity index (χ4v) is 2.18. The van der Waals surface area contributed by atoms with Crippen LogP contribution in [0.25, 0.3) is 0 Å². The highest BCUT2D eigenvalue weighted by Crippen LogP contribution is 2.23. The molecular weight excluding hydrogens is 162 g/mol. The van der Waals surface area contributed by atoms with Crippen LogP contribution in [0.5, 0.6) is 0 Å². The number of rotatable bonds is 2. The van der Waals surface area contributed by atoms with Gasteiger partial charge in [0.05, 0.1) is 6.10 Å². The Bertz CT molecular complexity index is 173. The molecule has 2 aliphatic rings. The number of ether oxygens (including phenoxy) is 1. The van der Waals surface area contributed by atoms with Crippen molar-refractivity contribution in [3.8, 4) is 0 Å². The molecule has 0 aromatic heterocycles. The fraction of sp³-hybridized carbons (Fsp3) is 0.909. The zero-order valence-corrected chi connectivity index (χ0v) is 8.24. The summed E-state index contributed by atoms with van der Waals surface area (Å²) in [7, 11) is 0. The Balaban J connectivity index is 1.75. The third-order valence-electron chi connectivity index (χ3n) is 2.96. The second kappa shape index (κ2) is 4.75. The number of nitrogens with zero attached hydrogens (tertiary/aromatic N) is 1. The molecule has 0 spiro atoms. The van der Waals surface area contributed by atoms with Crippen LogP contribution in [-0.2, 0) is 4.74 Å². The molecule has 2 heteroatoms. The molecule has 0 amide bonds. The molecule has 1 fully saturated rings. The van der Waals surface area contributed by atoms with Crippen LogP contribution in [-0.4, -0.2) is 18.5 Å². The lowest BCUT2D eigenvalue weighted by Crippen LogP contribution is -2.24. The molecule has 74 valence electrons. The highest BCUT2D eigenvalue weighted by molar-refractivity contribution is 5.57. The predicted molar refractivity (Wildman–Crippen MR) is 54.1 cm³/mol. The van der Waals surface area contributed by atoms with Crippen molar-refractivity contribution >= 4 is 6.21 Å². The van der Waals surface area contributed by atoms with Crippen LogP contribution in [0.3, 0.4) is 0 Å². The average molecular weight is 181 g/mol. The Kier molecular flexibility index (Phi) is 3.36. The fourth-order valence-electron chi connectivity index (χ4n) is 2.18. The van der Waals surface area contributed by atoms with Crippen molar-refractivity contribution in [3.63, 3.8) is 0 Å². The second-order valence-corrected chi connectivity index (χ2v) is 4.11. The average Bonchev–Trinajstić information content (AvgIpc) is 2.21. The van der Waals surface area contributed by atoms with E-state index in [0.717, 1.165) is 12.8 Å². The Labute approximate surface area is 80.4 Å². The van der Waals surface area contributed by atoms with Gasteiger partial charge in [0, 0.05) is 6.21 Å². The first-order valence-electron chi connectivity index (χ1n) is 5.62. The van der Waals surface area contributed by atoms with Gasteiger partial charge in [0.2, 0.25) is 0 Å². The van der Waals surface area contributed by atoms with Crippen LogP contribution < -0.4 is 0 Å². The van der Waals surface area contributed by atoms with E-state index in [1.807, 2.05) is 6.21 Å². The van der Waals surface area contributed by atoms with Crippen molar-refractivity contribution in [2.45, 2.75) is 63.7 Å². The first kappa shape index (κ1) is 9.20. The lowest BCUT2D eigenvalue weighted by Gasteiger charge is -2.26. The van der Waals surface area contributed by atoms with Gasteiger partial charge in [-0.05, 0) is 32.1 Å². The van der Waals surface area contributed by atoms with Crippen molar-refractivity contribution in [1.82, 2.24) is 0 Å². The molecule has 1 saturated carbocycles. The maximum Gasteiger partial charge on any atom is 0.148 e. The van der Waals surface area contributed by atoms with Gasteiger partial charge in [-0.3, -0.25) is 4.99 Å². The number of hydrogen-bond donors (Lipinski definition) is 0. The summed E-state index contributed by atoms with van der Waals surface area (Å²) in [5, 5.41) is 0. The Morgan fingerprint density at radius 3 is 2.54 bits per heavy atom. The Morgan fingerprint density at radius 2 is 1.85 bits per heavy atom. The molecule has 0 saturated heterocycles. The third kappa shape index (κ3) is 2.80. The summed E-state index contributed by atoms with van der Waals surface area (Å²) < 4.78 is 5.93. The van der Waals surface area contributed by atoms with Gasteiger partial charge < -0.3 is 4.74 Å². The van der Waals surface area contributed by atoms with E-state index >= 15 is 0 Å². The SMILES string of the molecule is C1=NC(OC2CCCCC2)CCC1. The molecular formula is C11H19NO. The first-order chi connectivity index (χ1) is 6.45. The molecule has 0 aromatic rings. The molecule has 13 heavy (non-hydrogen) atoms. The van der Waals surface area contributed by atoms with Crippen LogP contribution in [0.15, 0.2) is 4.99 Å². The van der Waals surface area contributed by atoms with E-state index in [0.29, 0.717) is 6.10 Å². The largest absolute Gasteiger partial charge is 0.353 e.